The maximum absolute atomic E-state index is 12.5. The Morgan fingerprint density at radius 1 is 0.957 bits per heavy atom. The van der Waals surface area contributed by atoms with E-state index in [0.29, 0.717) is 50.0 Å². The molecule has 124 valence electrons. The average molecular weight is 337 g/mol. The Kier molecular flexibility index (Phi) is 5.18. The van der Waals surface area contributed by atoms with Gasteiger partial charge in [0.1, 0.15) is 0 Å². The number of piperidine rings is 1. The molecule has 2 saturated heterocycles. The molecule has 5 nitrogen and oxygen atoms in total. The largest absolute Gasteiger partial charge is 0.378 e. The van der Waals surface area contributed by atoms with Crippen molar-refractivity contribution in [3.63, 3.8) is 0 Å². The van der Waals surface area contributed by atoms with Crippen molar-refractivity contribution in [2.45, 2.75) is 12.8 Å². The summed E-state index contributed by atoms with van der Waals surface area (Å²) in [5, 5.41) is 0.622. The molecule has 0 saturated carbocycles. The third-order valence-electron chi connectivity index (χ3n) is 4.55. The van der Waals surface area contributed by atoms with Crippen molar-refractivity contribution in [1.29, 1.82) is 0 Å². The number of amides is 2. The molecule has 2 amide bonds. The number of rotatable bonds is 2. The van der Waals surface area contributed by atoms with E-state index in [2.05, 4.69) is 0 Å². The number of hydrogen-bond acceptors (Lipinski definition) is 3. The van der Waals surface area contributed by atoms with Crippen LogP contribution in [-0.4, -0.2) is 61.0 Å². The van der Waals surface area contributed by atoms with Gasteiger partial charge in [0.2, 0.25) is 5.91 Å². The number of benzene rings is 1. The van der Waals surface area contributed by atoms with Crippen LogP contribution in [0.25, 0.3) is 0 Å². The summed E-state index contributed by atoms with van der Waals surface area (Å²) < 4.78 is 5.29. The second-order valence-electron chi connectivity index (χ2n) is 6.01. The van der Waals surface area contributed by atoms with Gasteiger partial charge in [0.05, 0.1) is 13.2 Å². The molecule has 2 fully saturated rings. The number of morpholine rings is 1. The molecule has 2 aliphatic heterocycles. The van der Waals surface area contributed by atoms with E-state index in [0.717, 1.165) is 12.8 Å². The summed E-state index contributed by atoms with van der Waals surface area (Å²) in [6.07, 6.45) is 1.46. The van der Waals surface area contributed by atoms with Gasteiger partial charge >= 0.3 is 0 Å². The van der Waals surface area contributed by atoms with E-state index in [1.54, 1.807) is 24.3 Å². The lowest BCUT2D eigenvalue weighted by molar-refractivity contribution is -0.141. The molecule has 1 aromatic carbocycles. The van der Waals surface area contributed by atoms with Gasteiger partial charge in [-0.05, 0) is 37.1 Å². The van der Waals surface area contributed by atoms with Crippen molar-refractivity contribution in [3.8, 4) is 0 Å². The molecular weight excluding hydrogens is 316 g/mol. The molecule has 0 spiro atoms. The molecule has 0 bridgehead atoms. The zero-order chi connectivity index (χ0) is 16.2. The smallest absolute Gasteiger partial charge is 0.253 e. The van der Waals surface area contributed by atoms with Gasteiger partial charge in [-0.15, -0.1) is 0 Å². The lowest BCUT2D eigenvalue weighted by Gasteiger charge is -2.35. The van der Waals surface area contributed by atoms with Crippen LogP contribution in [0.2, 0.25) is 5.02 Å². The molecule has 2 aliphatic rings. The van der Waals surface area contributed by atoms with Crippen LogP contribution in [0, 0.1) is 5.92 Å². The van der Waals surface area contributed by atoms with E-state index in [1.165, 1.54) is 0 Å². The fraction of sp³-hybridized carbons (Fsp3) is 0.529. The van der Waals surface area contributed by atoms with Gasteiger partial charge in [-0.1, -0.05) is 11.6 Å². The van der Waals surface area contributed by atoms with E-state index in [-0.39, 0.29) is 17.7 Å². The minimum Gasteiger partial charge on any atom is -0.378 e. The Hall–Kier alpha value is -1.59. The standard InChI is InChI=1S/C17H21ClN2O3/c18-15-3-1-13(2-4-15)16(21)19-7-5-14(6-8-19)17(22)20-9-11-23-12-10-20/h1-4,14H,5-12H2. The van der Waals surface area contributed by atoms with E-state index in [4.69, 9.17) is 16.3 Å². The Morgan fingerprint density at radius 3 is 2.17 bits per heavy atom. The van der Waals surface area contributed by atoms with E-state index in [1.807, 2.05) is 9.80 Å². The first-order chi connectivity index (χ1) is 11.1. The van der Waals surface area contributed by atoms with Gasteiger partial charge in [-0.25, -0.2) is 0 Å². The van der Waals surface area contributed by atoms with Gasteiger partial charge in [0.15, 0.2) is 0 Å². The number of nitrogens with zero attached hydrogens (tertiary/aromatic N) is 2. The van der Waals surface area contributed by atoms with Crippen LogP contribution < -0.4 is 0 Å². The molecule has 0 aliphatic carbocycles. The van der Waals surface area contributed by atoms with Gasteiger partial charge in [-0.2, -0.15) is 0 Å². The van der Waals surface area contributed by atoms with Crippen LogP contribution in [0.5, 0.6) is 0 Å². The van der Waals surface area contributed by atoms with Crippen LogP contribution in [0.1, 0.15) is 23.2 Å². The van der Waals surface area contributed by atoms with Gasteiger partial charge in [-0.3, -0.25) is 9.59 Å². The fourth-order valence-electron chi connectivity index (χ4n) is 3.15. The number of carbonyl (C=O) groups is 2. The third kappa shape index (κ3) is 3.85. The van der Waals surface area contributed by atoms with Gasteiger partial charge in [0, 0.05) is 42.7 Å². The zero-order valence-electron chi connectivity index (χ0n) is 13.0. The summed E-state index contributed by atoms with van der Waals surface area (Å²) in [4.78, 5) is 28.7. The number of likely N-dealkylation sites (tertiary alicyclic amines) is 1. The molecule has 1 aromatic rings. The summed E-state index contributed by atoms with van der Waals surface area (Å²) in [6.45, 7) is 3.87. The summed E-state index contributed by atoms with van der Waals surface area (Å²) in [5.74, 6) is 0.258. The zero-order valence-corrected chi connectivity index (χ0v) is 13.8. The molecule has 0 aromatic heterocycles. The van der Waals surface area contributed by atoms with Crippen LogP contribution >= 0.6 is 11.6 Å². The van der Waals surface area contributed by atoms with Crippen molar-refractivity contribution < 1.29 is 14.3 Å². The highest BCUT2D eigenvalue weighted by atomic mass is 35.5. The van der Waals surface area contributed by atoms with Crippen LogP contribution in [0.4, 0.5) is 0 Å². The first kappa shape index (κ1) is 16.3. The highest BCUT2D eigenvalue weighted by Crippen LogP contribution is 2.22. The van der Waals surface area contributed by atoms with Crippen molar-refractivity contribution in [2.24, 2.45) is 5.92 Å². The minimum atomic E-state index is 0.0129. The topological polar surface area (TPSA) is 49.9 Å². The van der Waals surface area contributed by atoms with Crippen molar-refractivity contribution in [2.75, 3.05) is 39.4 Å². The molecule has 0 N–H and O–H groups in total. The van der Waals surface area contributed by atoms with Crippen molar-refractivity contribution in [3.05, 3.63) is 34.9 Å². The van der Waals surface area contributed by atoms with E-state index in [9.17, 15) is 9.59 Å². The predicted molar refractivity (Wildman–Crippen MR) is 87.5 cm³/mol. The molecule has 6 heteroatoms. The second-order valence-corrected chi connectivity index (χ2v) is 6.45. The average Bonchev–Trinajstić information content (AvgIpc) is 2.62. The normalized spacial score (nSPS) is 19.7. The number of halogens is 1. The second kappa shape index (κ2) is 7.32. The summed E-state index contributed by atoms with van der Waals surface area (Å²) in [5.41, 5.74) is 0.646. The monoisotopic (exact) mass is 336 g/mol. The quantitative estimate of drug-likeness (QED) is 0.830. The summed E-state index contributed by atoms with van der Waals surface area (Å²) >= 11 is 5.85. The molecule has 0 unspecified atom stereocenters. The molecular formula is C17H21ClN2O3. The Labute approximate surface area is 141 Å². The number of ether oxygens (including phenoxy) is 1. The minimum absolute atomic E-state index is 0.0129. The number of hydrogen-bond donors (Lipinski definition) is 0. The van der Waals surface area contributed by atoms with Crippen LogP contribution in [0.15, 0.2) is 24.3 Å². The Bertz CT molecular complexity index is 562. The maximum Gasteiger partial charge on any atom is 0.253 e. The summed E-state index contributed by atoms with van der Waals surface area (Å²) in [7, 11) is 0. The van der Waals surface area contributed by atoms with E-state index < -0.39 is 0 Å². The maximum atomic E-state index is 12.5. The fourth-order valence-corrected chi connectivity index (χ4v) is 3.27. The molecule has 23 heavy (non-hydrogen) atoms. The van der Waals surface area contributed by atoms with Crippen molar-refractivity contribution in [1.82, 2.24) is 9.80 Å². The first-order valence-corrected chi connectivity index (χ1v) is 8.44. The number of carbonyl (C=O) groups excluding carboxylic acids is 2. The van der Waals surface area contributed by atoms with Crippen LogP contribution in [-0.2, 0) is 9.53 Å². The van der Waals surface area contributed by atoms with Gasteiger partial charge < -0.3 is 14.5 Å². The lowest BCUT2D eigenvalue weighted by Crippen LogP contribution is -2.47. The third-order valence-corrected chi connectivity index (χ3v) is 4.80. The highest BCUT2D eigenvalue weighted by molar-refractivity contribution is 6.30. The highest BCUT2D eigenvalue weighted by Gasteiger charge is 2.31. The van der Waals surface area contributed by atoms with E-state index >= 15 is 0 Å². The predicted octanol–water partition coefficient (Wildman–Crippen LogP) is 2.05. The molecule has 0 radical (unpaired) electrons. The molecule has 2 heterocycles. The van der Waals surface area contributed by atoms with Gasteiger partial charge in [0.25, 0.3) is 5.91 Å². The van der Waals surface area contributed by atoms with Crippen molar-refractivity contribution >= 4 is 23.4 Å². The Balaban J connectivity index is 1.54. The Morgan fingerprint density at radius 2 is 1.57 bits per heavy atom. The lowest BCUT2D eigenvalue weighted by atomic mass is 9.94. The first-order valence-electron chi connectivity index (χ1n) is 8.06. The molecule has 3 rings (SSSR count). The SMILES string of the molecule is O=C(c1ccc(Cl)cc1)N1CCC(C(=O)N2CCOCC2)CC1. The molecule has 0 atom stereocenters. The summed E-state index contributed by atoms with van der Waals surface area (Å²) in [6, 6.07) is 6.94. The van der Waals surface area contributed by atoms with Crippen LogP contribution in [0.3, 0.4) is 0 Å².